The third-order valence-electron chi connectivity index (χ3n) is 4.71. The molecule has 0 spiro atoms. The minimum atomic E-state index is -1.73. The van der Waals surface area contributed by atoms with Gasteiger partial charge in [-0.1, -0.05) is 34.6 Å². The zero-order valence-corrected chi connectivity index (χ0v) is 16.4. The van der Waals surface area contributed by atoms with Gasteiger partial charge in [-0.3, -0.25) is 19.6 Å². The van der Waals surface area contributed by atoms with E-state index in [1.807, 2.05) is 13.8 Å². The number of rotatable bonds is 8. The van der Waals surface area contributed by atoms with Crippen LogP contribution in [0, 0.1) is 17.3 Å². The van der Waals surface area contributed by atoms with E-state index in [4.69, 9.17) is 5.73 Å². The van der Waals surface area contributed by atoms with Crippen LogP contribution in [-0.2, 0) is 14.4 Å². The van der Waals surface area contributed by atoms with Crippen LogP contribution in [0.2, 0.25) is 0 Å². The third kappa shape index (κ3) is 5.67. The van der Waals surface area contributed by atoms with E-state index in [1.54, 1.807) is 20.8 Å². The van der Waals surface area contributed by atoms with Gasteiger partial charge in [-0.15, -0.1) is 0 Å². The standard InChI is InChI=1S/C18H33N3O5/c1-10(2)9-12(13(22)15(19)23)17(25)21(26)14(18(3,4)5)16(24)20-11-7-6-8-11/h10-14,22,26H,6-9H2,1-5H3,(H2,19,23)(H,20,24)/t12-,13+,14-/m1/s1. The minimum absolute atomic E-state index is 0.0248. The quantitative estimate of drug-likeness (QED) is 0.370. The minimum Gasteiger partial charge on any atom is -0.382 e. The molecule has 8 heteroatoms. The first-order valence-corrected chi connectivity index (χ1v) is 9.16. The fraction of sp³-hybridized carbons (Fsp3) is 0.833. The molecule has 5 N–H and O–H groups in total. The van der Waals surface area contributed by atoms with Crippen LogP contribution in [0.15, 0.2) is 0 Å². The molecular weight excluding hydrogens is 338 g/mol. The van der Waals surface area contributed by atoms with Crippen molar-refractivity contribution in [2.45, 2.75) is 78.5 Å². The number of hydrogen-bond donors (Lipinski definition) is 4. The van der Waals surface area contributed by atoms with Gasteiger partial charge in [0, 0.05) is 6.04 Å². The van der Waals surface area contributed by atoms with Crippen LogP contribution < -0.4 is 11.1 Å². The predicted molar refractivity (Wildman–Crippen MR) is 95.8 cm³/mol. The molecule has 8 nitrogen and oxygen atoms in total. The number of hydroxylamine groups is 2. The highest BCUT2D eigenvalue weighted by Crippen LogP contribution is 2.28. The summed E-state index contributed by atoms with van der Waals surface area (Å²) in [4.78, 5) is 36.9. The Morgan fingerprint density at radius 2 is 1.77 bits per heavy atom. The van der Waals surface area contributed by atoms with E-state index in [0.29, 0.717) is 5.06 Å². The SMILES string of the molecule is CC(C)C[C@@H](C(=O)N(O)[C@H](C(=O)NC1CCC1)C(C)(C)C)[C@H](O)C(N)=O. The maximum Gasteiger partial charge on any atom is 0.252 e. The topological polar surface area (TPSA) is 133 Å². The second-order valence-corrected chi connectivity index (χ2v) is 8.67. The van der Waals surface area contributed by atoms with Gasteiger partial charge in [0.05, 0.1) is 5.92 Å². The monoisotopic (exact) mass is 371 g/mol. The van der Waals surface area contributed by atoms with Crippen molar-refractivity contribution in [1.82, 2.24) is 10.4 Å². The molecule has 0 unspecified atom stereocenters. The van der Waals surface area contributed by atoms with Crippen LogP contribution in [0.1, 0.15) is 60.3 Å². The van der Waals surface area contributed by atoms with Gasteiger partial charge in [0.15, 0.2) is 0 Å². The maximum atomic E-state index is 12.8. The first-order chi connectivity index (χ1) is 11.9. The lowest BCUT2D eigenvalue weighted by Crippen LogP contribution is -2.59. The molecule has 0 heterocycles. The Morgan fingerprint density at radius 3 is 2.12 bits per heavy atom. The van der Waals surface area contributed by atoms with Crippen molar-refractivity contribution >= 4 is 17.7 Å². The molecular formula is C18H33N3O5. The molecule has 3 atom stereocenters. The highest BCUT2D eigenvalue weighted by molar-refractivity contribution is 5.91. The summed E-state index contributed by atoms with van der Waals surface area (Å²) < 4.78 is 0. The molecule has 0 aromatic carbocycles. The number of aliphatic hydroxyl groups is 1. The number of carbonyl (C=O) groups excluding carboxylic acids is 3. The number of primary amides is 1. The van der Waals surface area contributed by atoms with E-state index >= 15 is 0 Å². The van der Waals surface area contributed by atoms with Crippen molar-refractivity contribution in [2.75, 3.05) is 0 Å². The highest BCUT2D eigenvalue weighted by atomic mass is 16.5. The van der Waals surface area contributed by atoms with Gasteiger partial charge < -0.3 is 16.2 Å². The van der Waals surface area contributed by atoms with E-state index in [-0.39, 0.29) is 18.4 Å². The molecule has 1 saturated carbocycles. The van der Waals surface area contributed by atoms with Gasteiger partial charge in [-0.05, 0) is 37.0 Å². The zero-order chi connectivity index (χ0) is 20.2. The van der Waals surface area contributed by atoms with E-state index in [0.717, 1.165) is 19.3 Å². The molecule has 0 radical (unpaired) electrons. The molecule has 1 aliphatic carbocycles. The van der Waals surface area contributed by atoms with E-state index in [2.05, 4.69) is 5.32 Å². The lowest BCUT2D eigenvalue weighted by molar-refractivity contribution is -0.197. The molecule has 26 heavy (non-hydrogen) atoms. The highest BCUT2D eigenvalue weighted by Gasteiger charge is 2.44. The Morgan fingerprint density at radius 1 is 1.23 bits per heavy atom. The number of nitrogens with zero attached hydrogens (tertiary/aromatic N) is 1. The summed E-state index contributed by atoms with van der Waals surface area (Å²) in [6, 6.07) is -1.09. The van der Waals surface area contributed by atoms with Crippen LogP contribution in [0.25, 0.3) is 0 Å². The van der Waals surface area contributed by atoms with Gasteiger partial charge in [-0.2, -0.15) is 0 Å². The van der Waals surface area contributed by atoms with Gasteiger partial charge >= 0.3 is 0 Å². The molecule has 1 rings (SSSR count). The molecule has 150 valence electrons. The first-order valence-electron chi connectivity index (χ1n) is 9.16. The summed E-state index contributed by atoms with van der Waals surface area (Å²) in [6.45, 7) is 8.84. The van der Waals surface area contributed by atoms with Crippen molar-refractivity contribution < 1.29 is 24.7 Å². The molecule has 0 bridgehead atoms. The Balaban J connectivity index is 3.05. The maximum absolute atomic E-state index is 12.8. The van der Waals surface area contributed by atoms with Crippen molar-refractivity contribution in [1.29, 1.82) is 0 Å². The molecule has 0 aromatic heterocycles. The van der Waals surface area contributed by atoms with Gasteiger partial charge in [0.1, 0.15) is 12.1 Å². The average molecular weight is 371 g/mol. The average Bonchev–Trinajstić information content (AvgIpc) is 2.45. The van der Waals surface area contributed by atoms with Crippen LogP contribution in [0.5, 0.6) is 0 Å². The van der Waals surface area contributed by atoms with Gasteiger partial charge in [-0.25, -0.2) is 5.06 Å². The normalized spacial score (nSPS) is 18.6. The van der Waals surface area contributed by atoms with E-state index in [9.17, 15) is 24.7 Å². The fourth-order valence-electron chi connectivity index (χ4n) is 3.07. The molecule has 3 amide bonds. The fourth-order valence-corrected chi connectivity index (χ4v) is 3.07. The Kier molecular flexibility index (Phi) is 7.58. The number of aliphatic hydroxyl groups excluding tert-OH is 1. The lowest BCUT2D eigenvalue weighted by atomic mass is 9.83. The summed E-state index contributed by atoms with van der Waals surface area (Å²) >= 11 is 0. The number of nitrogens with one attached hydrogen (secondary N) is 1. The van der Waals surface area contributed by atoms with Crippen LogP contribution in [0.3, 0.4) is 0 Å². The molecule has 0 aliphatic heterocycles. The summed E-state index contributed by atoms with van der Waals surface area (Å²) in [7, 11) is 0. The van der Waals surface area contributed by atoms with E-state index in [1.165, 1.54) is 0 Å². The summed E-state index contributed by atoms with van der Waals surface area (Å²) in [5, 5.41) is 23.8. The Labute approximate surface area is 155 Å². The largest absolute Gasteiger partial charge is 0.382 e. The number of amides is 3. The summed E-state index contributed by atoms with van der Waals surface area (Å²) in [5.41, 5.74) is 4.39. The zero-order valence-electron chi connectivity index (χ0n) is 16.4. The second-order valence-electron chi connectivity index (χ2n) is 8.67. The summed E-state index contributed by atoms with van der Waals surface area (Å²) in [6.07, 6.45) is 1.21. The van der Waals surface area contributed by atoms with Gasteiger partial charge in [0.2, 0.25) is 11.8 Å². The third-order valence-corrected chi connectivity index (χ3v) is 4.71. The molecule has 1 aliphatic rings. The molecule has 1 fully saturated rings. The smallest absolute Gasteiger partial charge is 0.252 e. The number of carbonyl (C=O) groups is 3. The van der Waals surface area contributed by atoms with Crippen molar-refractivity contribution in [3.63, 3.8) is 0 Å². The van der Waals surface area contributed by atoms with Crippen molar-refractivity contribution in [2.24, 2.45) is 23.0 Å². The predicted octanol–water partition coefficient (Wildman–Crippen LogP) is 0.796. The van der Waals surface area contributed by atoms with Crippen molar-refractivity contribution in [3.05, 3.63) is 0 Å². The second kappa shape index (κ2) is 8.81. The Hall–Kier alpha value is -1.67. The van der Waals surface area contributed by atoms with Crippen LogP contribution in [0.4, 0.5) is 0 Å². The van der Waals surface area contributed by atoms with Crippen LogP contribution >= 0.6 is 0 Å². The molecule has 0 saturated heterocycles. The lowest BCUT2D eigenvalue weighted by Gasteiger charge is -2.38. The number of nitrogens with two attached hydrogens (primary N) is 1. The summed E-state index contributed by atoms with van der Waals surface area (Å²) in [5.74, 6) is -3.60. The van der Waals surface area contributed by atoms with E-state index < -0.39 is 41.2 Å². The first kappa shape index (κ1) is 22.4. The number of hydrogen-bond acceptors (Lipinski definition) is 5. The van der Waals surface area contributed by atoms with Crippen LogP contribution in [-0.4, -0.2) is 51.3 Å². The van der Waals surface area contributed by atoms with Crippen molar-refractivity contribution in [3.8, 4) is 0 Å². The van der Waals surface area contributed by atoms with Gasteiger partial charge in [0.25, 0.3) is 5.91 Å². The molecule has 0 aromatic rings. The Bertz CT molecular complexity index is 525.